The Morgan fingerprint density at radius 1 is 1.32 bits per heavy atom. The van der Waals surface area contributed by atoms with Gasteiger partial charge in [-0.15, -0.1) is 0 Å². The SMILES string of the molecule is CC(C)(C)c1cc2c(cc1Cl)C=C(C(=O)OCONN(O)N1CC[C@H]1C(=O)O)[C@@H](C(F)(F)F)O2. The van der Waals surface area contributed by atoms with E-state index in [-0.39, 0.29) is 23.1 Å². The summed E-state index contributed by atoms with van der Waals surface area (Å²) in [6.07, 6.45) is -6.23. The lowest BCUT2D eigenvalue weighted by Crippen LogP contribution is -2.63. The van der Waals surface area contributed by atoms with Crippen molar-refractivity contribution in [2.24, 2.45) is 0 Å². The zero-order valence-electron chi connectivity index (χ0n) is 18.4. The van der Waals surface area contributed by atoms with Crippen LogP contribution in [0.25, 0.3) is 6.08 Å². The second-order valence-electron chi connectivity index (χ2n) is 8.64. The minimum absolute atomic E-state index is 0.0791. The number of carbonyl (C=O) groups excluding carboxylic acids is 1. The van der Waals surface area contributed by atoms with Gasteiger partial charge in [-0.05, 0) is 40.9 Å². The number of esters is 1. The van der Waals surface area contributed by atoms with E-state index in [0.717, 1.165) is 11.1 Å². The van der Waals surface area contributed by atoms with Gasteiger partial charge < -0.3 is 14.6 Å². The summed E-state index contributed by atoms with van der Waals surface area (Å²) >= 11 is 6.28. The molecule has 1 fully saturated rings. The van der Waals surface area contributed by atoms with Crippen LogP contribution in [0.2, 0.25) is 5.02 Å². The number of nitrogens with one attached hydrogen (secondary N) is 1. The fourth-order valence-electron chi connectivity index (χ4n) is 3.36. The van der Waals surface area contributed by atoms with Crippen LogP contribution in [0.4, 0.5) is 13.2 Å². The van der Waals surface area contributed by atoms with E-state index in [1.807, 2.05) is 26.4 Å². The number of fused-ring (bicyclic) bond motifs is 1. The number of hydrogen-bond acceptors (Lipinski definition) is 9. The minimum atomic E-state index is -4.92. The van der Waals surface area contributed by atoms with Gasteiger partial charge in [-0.1, -0.05) is 38.0 Å². The molecule has 0 amide bonds. The van der Waals surface area contributed by atoms with Gasteiger partial charge in [0.1, 0.15) is 11.8 Å². The molecule has 0 spiro atoms. The van der Waals surface area contributed by atoms with Gasteiger partial charge in [-0.3, -0.25) is 10.0 Å². The molecule has 34 heavy (non-hydrogen) atoms. The number of benzene rings is 1. The second kappa shape index (κ2) is 9.68. The molecule has 188 valence electrons. The van der Waals surface area contributed by atoms with Crippen LogP contribution < -0.4 is 10.3 Å². The van der Waals surface area contributed by atoms with Gasteiger partial charge in [0, 0.05) is 17.1 Å². The highest BCUT2D eigenvalue weighted by atomic mass is 35.5. The number of carboxylic acid groups (broad SMARTS) is 1. The molecular formula is C20H23ClF3N3O7. The highest BCUT2D eigenvalue weighted by Crippen LogP contribution is 2.42. The lowest BCUT2D eigenvalue weighted by molar-refractivity contribution is -0.377. The van der Waals surface area contributed by atoms with Crippen LogP contribution in [0.3, 0.4) is 0 Å². The number of carboxylic acids is 1. The molecule has 0 bridgehead atoms. The normalized spacial score (nSPS) is 20.8. The van der Waals surface area contributed by atoms with Crippen LogP contribution in [0.1, 0.15) is 38.3 Å². The second-order valence-corrected chi connectivity index (χ2v) is 9.05. The topological polar surface area (TPSA) is 121 Å². The molecular weight excluding hydrogens is 487 g/mol. The molecule has 1 saturated heterocycles. The number of ether oxygens (including phenoxy) is 2. The maximum absolute atomic E-state index is 13.7. The molecule has 2 aliphatic rings. The molecule has 3 N–H and O–H groups in total. The van der Waals surface area contributed by atoms with Crippen LogP contribution in [0.15, 0.2) is 17.7 Å². The Balaban J connectivity index is 1.69. The summed E-state index contributed by atoms with van der Waals surface area (Å²) < 4.78 is 50.8. The molecule has 0 saturated carbocycles. The summed E-state index contributed by atoms with van der Waals surface area (Å²) in [5.41, 5.74) is 1.36. The lowest BCUT2D eigenvalue weighted by Gasteiger charge is -2.40. The number of aliphatic carboxylic acids is 1. The molecule has 10 nitrogen and oxygen atoms in total. The van der Waals surface area contributed by atoms with E-state index in [0.29, 0.717) is 17.0 Å². The zero-order chi connectivity index (χ0) is 25.4. The van der Waals surface area contributed by atoms with E-state index in [9.17, 15) is 28.0 Å². The van der Waals surface area contributed by atoms with Gasteiger partial charge in [-0.25, -0.2) is 9.63 Å². The van der Waals surface area contributed by atoms with Crippen molar-refractivity contribution in [1.82, 2.24) is 15.9 Å². The summed E-state index contributed by atoms with van der Waals surface area (Å²) in [6.45, 7) is 4.83. The Morgan fingerprint density at radius 2 is 2.00 bits per heavy atom. The fraction of sp³-hybridized carbons (Fsp3) is 0.500. The van der Waals surface area contributed by atoms with Gasteiger partial charge in [-0.2, -0.15) is 18.2 Å². The van der Waals surface area contributed by atoms with E-state index in [1.54, 1.807) is 0 Å². The van der Waals surface area contributed by atoms with Gasteiger partial charge in [0.15, 0.2) is 0 Å². The molecule has 2 atom stereocenters. The van der Waals surface area contributed by atoms with Crippen LogP contribution in [0, 0.1) is 0 Å². The van der Waals surface area contributed by atoms with Crippen molar-refractivity contribution in [2.45, 2.75) is 50.9 Å². The average molecular weight is 510 g/mol. The predicted octanol–water partition coefficient (Wildman–Crippen LogP) is 3.05. The standard InChI is InChI=1S/C20H23ClF3N3O7/c1-19(2,3)12-8-15-10(7-13(12)21)6-11(16(34-15)20(22,23)24)18(30)32-9-33-25-27(31)26-5-4-14(26)17(28)29/h6-8,14,16,25,31H,4-5,9H2,1-3H3,(H,28,29)/t14-,16-/m0/s1. The highest BCUT2D eigenvalue weighted by molar-refractivity contribution is 6.31. The smallest absolute Gasteiger partial charge is 0.430 e. The van der Waals surface area contributed by atoms with Crippen molar-refractivity contribution >= 4 is 29.6 Å². The third-order valence-electron chi connectivity index (χ3n) is 5.19. The van der Waals surface area contributed by atoms with E-state index < -0.39 is 48.0 Å². The van der Waals surface area contributed by atoms with Crippen molar-refractivity contribution < 1.29 is 47.4 Å². The van der Waals surface area contributed by atoms with Crippen LogP contribution >= 0.6 is 11.6 Å². The molecule has 0 unspecified atom stereocenters. The maximum Gasteiger partial charge on any atom is 0.430 e. The fourth-order valence-corrected chi connectivity index (χ4v) is 3.81. The molecule has 0 radical (unpaired) electrons. The molecule has 2 aliphatic heterocycles. The Hall–Kier alpha value is -2.42. The van der Waals surface area contributed by atoms with Crippen LogP contribution in [0.5, 0.6) is 5.75 Å². The van der Waals surface area contributed by atoms with Crippen molar-refractivity contribution in [3.05, 3.63) is 33.9 Å². The molecule has 14 heteroatoms. The molecule has 1 aromatic rings. The first kappa shape index (κ1) is 26.2. The van der Waals surface area contributed by atoms with E-state index in [2.05, 4.69) is 4.84 Å². The number of nitrogens with zero attached hydrogens (tertiary/aromatic N) is 2. The Labute approximate surface area is 197 Å². The lowest BCUT2D eigenvalue weighted by atomic mass is 9.85. The van der Waals surface area contributed by atoms with Gasteiger partial charge in [0.05, 0.1) is 5.57 Å². The summed E-state index contributed by atoms with van der Waals surface area (Å²) in [4.78, 5) is 28.0. The predicted molar refractivity (Wildman–Crippen MR) is 110 cm³/mol. The third-order valence-corrected chi connectivity index (χ3v) is 5.51. The van der Waals surface area contributed by atoms with Gasteiger partial charge in [0.25, 0.3) is 0 Å². The van der Waals surface area contributed by atoms with Crippen LogP contribution in [-0.4, -0.2) is 64.2 Å². The maximum atomic E-state index is 13.7. The van der Waals surface area contributed by atoms with E-state index in [4.69, 9.17) is 26.2 Å². The number of hydrogen-bond donors (Lipinski definition) is 3. The summed E-state index contributed by atoms with van der Waals surface area (Å²) in [6, 6.07) is 1.84. The number of alkyl halides is 3. The van der Waals surface area contributed by atoms with Crippen LogP contribution in [-0.2, 0) is 24.6 Å². The zero-order valence-corrected chi connectivity index (χ0v) is 19.1. The first-order valence-corrected chi connectivity index (χ1v) is 10.4. The van der Waals surface area contributed by atoms with Crippen molar-refractivity contribution in [1.29, 1.82) is 0 Å². The van der Waals surface area contributed by atoms with Crippen molar-refractivity contribution in [2.75, 3.05) is 13.3 Å². The quantitative estimate of drug-likeness (QED) is 0.219. The average Bonchev–Trinajstić information content (AvgIpc) is 2.66. The Morgan fingerprint density at radius 3 is 2.53 bits per heavy atom. The summed E-state index contributed by atoms with van der Waals surface area (Å²) in [7, 11) is 0. The summed E-state index contributed by atoms with van der Waals surface area (Å²) in [5, 5.41) is 20.2. The van der Waals surface area contributed by atoms with Crippen molar-refractivity contribution in [3.8, 4) is 5.75 Å². The molecule has 2 heterocycles. The minimum Gasteiger partial charge on any atom is -0.480 e. The van der Waals surface area contributed by atoms with Crippen molar-refractivity contribution in [3.63, 3.8) is 0 Å². The van der Waals surface area contributed by atoms with E-state index in [1.165, 1.54) is 12.1 Å². The Bertz CT molecular complexity index is 997. The third kappa shape index (κ3) is 5.62. The number of halogens is 4. The molecule has 0 aliphatic carbocycles. The monoisotopic (exact) mass is 509 g/mol. The van der Waals surface area contributed by atoms with Gasteiger partial charge >= 0.3 is 18.1 Å². The first-order chi connectivity index (χ1) is 15.7. The van der Waals surface area contributed by atoms with E-state index >= 15 is 0 Å². The molecule has 3 rings (SSSR count). The number of carbonyl (C=O) groups is 2. The summed E-state index contributed by atoms with van der Waals surface area (Å²) in [5.74, 6) is -2.62. The number of hydrazine groups is 2. The Kier molecular flexibility index (Phi) is 7.45. The highest BCUT2D eigenvalue weighted by Gasteiger charge is 2.49. The van der Waals surface area contributed by atoms with Gasteiger partial charge in [0.2, 0.25) is 12.9 Å². The first-order valence-electron chi connectivity index (χ1n) is 10.0. The number of rotatable bonds is 7. The molecule has 0 aromatic heterocycles. The largest absolute Gasteiger partial charge is 0.480 e. The molecule has 1 aromatic carbocycles.